The summed E-state index contributed by atoms with van der Waals surface area (Å²) < 4.78 is 2.18. The molecule has 0 saturated carbocycles. The van der Waals surface area contributed by atoms with Gasteiger partial charge in [-0.2, -0.15) is 0 Å². The monoisotopic (exact) mass is 456 g/mol. The van der Waals surface area contributed by atoms with Crippen molar-refractivity contribution in [3.63, 3.8) is 0 Å². The van der Waals surface area contributed by atoms with Crippen LogP contribution in [0.2, 0.25) is 5.02 Å². The largest absolute Gasteiger partial charge is 0.345 e. The van der Waals surface area contributed by atoms with Crippen LogP contribution in [0.15, 0.2) is 97.2 Å². The molecule has 4 aromatic rings. The first-order chi connectivity index (χ1) is 15.8. The van der Waals surface area contributed by atoms with Gasteiger partial charge in [0.2, 0.25) is 0 Å². The standard InChI is InChI=1S/C29H29ClN2O/c1-29(2,3)32(21-27-13-8-18-31(27)20-22-9-7-12-26(30)19-22)28(33)25-16-14-24(15-17-25)23-10-5-4-6-11-23/h4-19H,20-21H2,1-3H3. The lowest BCUT2D eigenvalue weighted by atomic mass is 10.0. The van der Waals surface area contributed by atoms with Crippen molar-refractivity contribution in [2.45, 2.75) is 39.4 Å². The number of aromatic nitrogens is 1. The molecule has 0 bridgehead atoms. The van der Waals surface area contributed by atoms with Crippen LogP contribution in [-0.4, -0.2) is 20.9 Å². The highest BCUT2D eigenvalue weighted by atomic mass is 35.5. The molecule has 1 amide bonds. The van der Waals surface area contributed by atoms with E-state index >= 15 is 0 Å². The van der Waals surface area contributed by atoms with Crippen molar-refractivity contribution in [3.05, 3.63) is 119 Å². The van der Waals surface area contributed by atoms with E-state index in [0.717, 1.165) is 27.4 Å². The molecule has 0 radical (unpaired) electrons. The van der Waals surface area contributed by atoms with Gasteiger partial charge in [0, 0.05) is 34.6 Å². The highest BCUT2D eigenvalue weighted by Crippen LogP contribution is 2.24. The van der Waals surface area contributed by atoms with E-state index in [1.165, 1.54) is 0 Å². The minimum Gasteiger partial charge on any atom is -0.345 e. The van der Waals surface area contributed by atoms with E-state index < -0.39 is 0 Å². The first-order valence-electron chi connectivity index (χ1n) is 11.2. The maximum atomic E-state index is 13.6. The number of halogens is 1. The fourth-order valence-electron chi connectivity index (χ4n) is 3.95. The average Bonchev–Trinajstić information content (AvgIpc) is 3.23. The number of rotatable bonds is 6. The zero-order valence-corrected chi connectivity index (χ0v) is 20.1. The number of hydrogen-bond acceptors (Lipinski definition) is 1. The fourth-order valence-corrected chi connectivity index (χ4v) is 4.16. The predicted molar refractivity (Wildman–Crippen MR) is 136 cm³/mol. The van der Waals surface area contributed by atoms with Crippen molar-refractivity contribution in [2.75, 3.05) is 0 Å². The smallest absolute Gasteiger partial charge is 0.254 e. The van der Waals surface area contributed by atoms with Crippen LogP contribution < -0.4 is 0 Å². The summed E-state index contributed by atoms with van der Waals surface area (Å²) in [5.74, 6) is 0.0256. The molecular formula is C29H29ClN2O. The number of carbonyl (C=O) groups excluding carboxylic acids is 1. The third-order valence-corrected chi connectivity index (χ3v) is 6.01. The normalized spacial score (nSPS) is 11.4. The Morgan fingerprint density at radius 3 is 2.21 bits per heavy atom. The van der Waals surface area contributed by atoms with Gasteiger partial charge in [-0.05, 0) is 73.9 Å². The minimum absolute atomic E-state index is 0.0256. The van der Waals surface area contributed by atoms with E-state index in [1.54, 1.807) is 0 Å². The maximum absolute atomic E-state index is 13.6. The molecule has 0 unspecified atom stereocenters. The van der Waals surface area contributed by atoms with E-state index in [4.69, 9.17) is 11.6 Å². The number of nitrogens with zero attached hydrogens (tertiary/aromatic N) is 2. The number of benzene rings is 3. The molecule has 1 aromatic heterocycles. The second-order valence-electron chi connectivity index (χ2n) is 9.26. The third kappa shape index (κ3) is 5.55. The molecule has 0 aliphatic heterocycles. The molecule has 0 spiro atoms. The van der Waals surface area contributed by atoms with E-state index in [-0.39, 0.29) is 11.4 Å². The Bertz CT molecular complexity index is 1220. The van der Waals surface area contributed by atoms with Gasteiger partial charge in [-0.3, -0.25) is 4.79 Å². The van der Waals surface area contributed by atoms with Gasteiger partial charge in [0.25, 0.3) is 5.91 Å². The summed E-state index contributed by atoms with van der Waals surface area (Å²) in [7, 11) is 0. The Balaban J connectivity index is 1.56. The number of carbonyl (C=O) groups is 1. The molecule has 4 rings (SSSR count). The van der Waals surface area contributed by atoms with Crippen LogP contribution in [0.5, 0.6) is 0 Å². The Morgan fingerprint density at radius 2 is 1.55 bits per heavy atom. The summed E-state index contributed by atoms with van der Waals surface area (Å²) in [6.45, 7) is 7.46. The van der Waals surface area contributed by atoms with Gasteiger partial charge in [0.1, 0.15) is 0 Å². The Kier molecular flexibility index (Phi) is 6.71. The quantitative estimate of drug-likeness (QED) is 0.299. The number of hydrogen-bond donors (Lipinski definition) is 0. The van der Waals surface area contributed by atoms with Crippen LogP contribution in [-0.2, 0) is 13.1 Å². The van der Waals surface area contributed by atoms with Crippen LogP contribution >= 0.6 is 11.6 Å². The van der Waals surface area contributed by atoms with Crippen molar-refractivity contribution < 1.29 is 4.79 Å². The molecule has 4 heteroatoms. The molecule has 3 aromatic carbocycles. The van der Waals surface area contributed by atoms with Gasteiger partial charge < -0.3 is 9.47 Å². The third-order valence-electron chi connectivity index (χ3n) is 5.78. The Hall–Kier alpha value is -3.30. The van der Waals surface area contributed by atoms with E-state index in [0.29, 0.717) is 18.7 Å². The molecule has 0 atom stereocenters. The molecule has 0 aliphatic rings. The summed E-state index contributed by atoms with van der Waals surface area (Å²) in [6, 6.07) is 30.1. The highest BCUT2D eigenvalue weighted by molar-refractivity contribution is 6.30. The van der Waals surface area contributed by atoms with Crippen molar-refractivity contribution in [1.29, 1.82) is 0 Å². The van der Waals surface area contributed by atoms with Gasteiger partial charge in [-0.1, -0.05) is 66.2 Å². The van der Waals surface area contributed by atoms with Crippen LogP contribution in [0.1, 0.15) is 42.4 Å². The van der Waals surface area contributed by atoms with Crippen LogP contribution in [0, 0.1) is 0 Å². The van der Waals surface area contributed by atoms with Gasteiger partial charge in [0.15, 0.2) is 0 Å². The predicted octanol–water partition coefficient (Wildman–Crippen LogP) is 7.30. The summed E-state index contributed by atoms with van der Waals surface area (Å²) in [5, 5.41) is 0.728. The number of amides is 1. The second-order valence-corrected chi connectivity index (χ2v) is 9.70. The summed E-state index contributed by atoms with van der Waals surface area (Å²) in [4.78, 5) is 15.5. The van der Waals surface area contributed by atoms with Crippen molar-refractivity contribution in [3.8, 4) is 11.1 Å². The summed E-state index contributed by atoms with van der Waals surface area (Å²) in [5.41, 5.74) is 4.81. The van der Waals surface area contributed by atoms with Crippen LogP contribution in [0.25, 0.3) is 11.1 Å². The van der Waals surface area contributed by atoms with E-state index in [9.17, 15) is 4.79 Å². The lowest BCUT2D eigenvalue weighted by Crippen LogP contribution is -2.45. The van der Waals surface area contributed by atoms with Gasteiger partial charge in [-0.25, -0.2) is 0 Å². The molecule has 33 heavy (non-hydrogen) atoms. The van der Waals surface area contributed by atoms with E-state index in [1.807, 2.05) is 71.6 Å². The van der Waals surface area contributed by atoms with Crippen molar-refractivity contribution in [2.24, 2.45) is 0 Å². The second kappa shape index (κ2) is 9.68. The zero-order valence-electron chi connectivity index (χ0n) is 19.3. The lowest BCUT2D eigenvalue weighted by Gasteiger charge is -2.36. The highest BCUT2D eigenvalue weighted by Gasteiger charge is 2.28. The minimum atomic E-state index is -0.333. The van der Waals surface area contributed by atoms with Gasteiger partial charge in [0.05, 0.1) is 6.54 Å². The first-order valence-corrected chi connectivity index (χ1v) is 11.5. The fraction of sp³-hybridized carbons (Fsp3) is 0.207. The Morgan fingerprint density at radius 1 is 0.848 bits per heavy atom. The van der Waals surface area contributed by atoms with E-state index in [2.05, 4.69) is 55.8 Å². The van der Waals surface area contributed by atoms with Crippen LogP contribution in [0.4, 0.5) is 0 Å². The van der Waals surface area contributed by atoms with Crippen molar-refractivity contribution in [1.82, 2.24) is 9.47 Å². The van der Waals surface area contributed by atoms with Crippen molar-refractivity contribution >= 4 is 17.5 Å². The Labute approximate surface area is 201 Å². The molecule has 0 saturated heterocycles. The molecule has 0 N–H and O–H groups in total. The molecule has 0 aliphatic carbocycles. The molecule has 3 nitrogen and oxygen atoms in total. The lowest BCUT2D eigenvalue weighted by molar-refractivity contribution is 0.0552. The zero-order chi connectivity index (χ0) is 23.4. The van der Waals surface area contributed by atoms with Crippen LogP contribution in [0.3, 0.4) is 0 Å². The molecular weight excluding hydrogens is 428 g/mol. The average molecular weight is 457 g/mol. The van der Waals surface area contributed by atoms with Gasteiger partial charge >= 0.3 is 0 Å². The van der Waals surface area contributed by atoms with Gasteiger partial charge in [-0.15, -0.1) is 0 Å². The summed E-state index contributed by atoms with van der Waals surface area (Å²) >= 11 is 6.17. The molecule has 168 valence electrons. The molecule has 0 fully saturated rings. The SMILES string of the molecule is CC(C)(C)N(Cc1cccn1Cc1cccc(Cl)c1)C(=O)c1ccc(-c2ccccc2)cc1. The first kappa shape index (κ1) is 22.9. The maximum Gasteiger partial charge on any atom is 0.254 e. The topological polar surface area (TPSA) is 25.2 Å². The summed E-state index contributed by atoms with van der Waals surface area (Å²) in [6.07, 6.45) is 2.05. The molecule has 1 heterocycles.